The zero-order valence-corrected chi connectivity index (χ0v) is 12.4. The van der Waals surface area contributed by atoms with E-state index < -0.39 is 0 Å². The van der Waals surface area contributed by atoms with E-state index in [2.05, 4.69) is 5.32 Å². The van der Waals surface area contributed by atoms with Crippen LogP contribution in [0.3, 0.4) is 0 Å². The Bertz CT molecular complexity index is 462. The fourth-order valence-electron chi connectivity index (χ4n) is 2.03. The summed E-state index contributed by atoms with van der Waals surface area (Å²) in [4.78, 5) is 12.7. The Morgan fingerprint density at radius 3 is 3.15 bits per heavy atom. The van der Waals surface area contributed by atoms with Crippen molar-refractivity contribution >= 4 is 23.4 Å². The predicted octanol–water partition coefficient (Wildman–Crippen LogP) is 1.66. The summed E-state index contributed by atoms with van der Waals surface area (Å²) in [7, 11) is 1.59. The van der Waals surface area contributed by atoms with E-state index in [4.69, 9.17) is 15.2 Å². The lowest BCUT2D eigenvalue weighted by molar-refractivity contribution is -0.119. The fourth-order valence-corrected chi connectivity index (χ4v) is 2.87. The second-order valence-electron chi connectivity index (χ2n) is 4.64. The maximum absolute atomic E-state index is 11.8. The summed E-state index contributed by atoms with van der Waals surface area (Å²) in [6.07, 6.45) is 2.28. The molecule has 1 aromatic carbocycles. The van der Waals surface area contributed by atoms with Crippen LogP contribution in [0.2, 0.25) is 0 Å². The molecule has 110 valence electrons. The third-order valence-electron chi connectivity index (χ3n) is 3.10. The van der Waals surface area contributed by atoms with Crippen LogP contribution < -0.4 is 15.8 Å². The van der Waals surface area contributed by atoms with Crippen molar-refractivity contribution in [3.05, 3.63) is 18.2 Å². The van der Waals surface area contributed by atoms with Gasteiger partial charge in [-0.1, -0.05) is 0 Å². The Hall–Kier alpha value is -1.40. The van der Waals surface area contributed by atoms with Crippen LogP contribution in [0.25, 0.3) is 0 Å². The predicted molar refractivity (Wildman–Crippen MR) is 80.1 cm³/mol. The van der Waals surface area contributed by atoms with Gasteiger partial charge in [0.05, 0.1) is 19.0 Å². The summed E-state index contributed by atoms with van der Waals surface area (Å²) in [6.45, 7) is 1.40. The van der Waals surface area contributed by atoms with E-state index >= 15 is 0 Å². The third-order valence-corrected chi connectivity index (χ3v) is 4.15. The van der Waals surface area contributed by atoms with Crippen molar-refractivity contribution in [1.29, 1.82) is 0 Å². The number of methoxy groups -OCH3 is 1. The molecule has 2 rings (SSSR count). The van der Waals surface area contributed by atoms with Crippen molar-refractivity contribution in [2.45, 2.75) is 23.8 Å². The summed E-state index contributed by atoms with van der Waals surface area (Å²) in [5, 5.41) is 2.89. The summed E-state index contributed by atoms with van der Waals surface area (Å²) >= 11 is 1.44. The number of hydrogen-bond donors (Lipinski definition) is 2. The van der Waals surface area contributed by atoms with Crippen LogP contribution in [-0.4, -0.2) is 38.0 Å². The van der Waals surface area contributed by atoms with Crippen molar-refractivity contribution in [2.24, 2.45) is 0 Å². The van der Waals surface area contributed by atoms with Gasteiger partial charge in [-0.2, -0.15) is 0 Å². The average Bonchev–Trinajstić information content (AvgIpc) is 2.97. The number of nitrogen functional groups attached to an aromatic ring is 1. The molecular formula is C14H20N2O3S. The largest absolute Gasteiger partial charge is 0.496 e. The van der Waals surface area contributed by atoms with Crippen LogP contribution >= 0.6 is 11.8 Å². The molecular weight excluding hydrogens is 276 g/mol. The van der Waals surface area contributed by atoms with Crippen LogP contribution in [0.4, 0.5) is 5.69 Å². The molecule has 0 saturated carbocycles. The number of ether oxygens (including phenoxy) is 2. The monoisotopic (exact) mass is 296 g/mol. The molecule has 1 heterocycles. The molecule has 5 nitrogen and oxygen atoms in total. The Kier molecular flexibility index (Phi) is 5.55. The summed E-state index contributed by atoms with van der Waals surface area (Å²) < 4.78 is 10.7. The molecule has 1 saturated heterocycles. The van der Waals surface area contributed by atoms with Crippen molar-refractivity contribution in [3.8, 4) is 5.75 Å². The normalized spacial score (nSPS) is 17.9. The van der Waals surface area contributed by atoms with Crippen LogP contribution in [0, 0.1) is 0 Å². The molecule has 1 fully saturated rings. The molecule has 0 bridgehead atoms. The number of thioether (sulfide) groups is 1. The minimum atomic E-state index is 0.00405. The van der Waals surface area contributed by atoms with Gasteiger partial charge in [0.25, 0.3) is 0 Å². The van der Waals surface area contributed by atoms with E-state index in [1.54, 1.807) is 19.2 Å². The van der Waals surface area contributed by atoms with Crippen LogP contribution in [-0.2, 0) is 9.53 Å². The number of carbonyl (C=O) groups is 1. The van der Waals surface area contributed by atoms with Gasteiger partial charge < -0.3 is 20.5 Å². The maximum Gasteiger partial charge on any atom is 0.230 e. The molecule has 1 aliphatic heterocycles. The van der Waals surface area contributed by atoms with Gasteiger partial charge in [0.2, 0.25) is 5.91 Å². The lowest BCUT2D eigenvalue weighted by Crippen LogP contribution is -2.32. The molecule has 1 aromatic rings. The highest BCUT2D eigenvalue weighted by molar-refractivity contribution is 8.00. The Morgan fingerprint density at radius 1 is 1.60 bits per heavy atom. The number of benzene rings is 1. The SMILES string of the molecule is COc1cc(N)ccc1SCC(=O)NCC1CCCO1. The number of nitrogens with one attached hydrogen (secondary N) is 1. The van der Waals surface area contributed by atoms with Crippen molar-refractivity contribution in [1.82, 2.24) is 5.32 Å². The van der Waals surface area contributed by atoms with Gasteiger partial charge >= 0.3 is 0 Å². The number of amides is 1. The van der Waals surface area contributed by atoms with Gasteiger partial charge in [0.1, 0.15) is 5.75 Å². The molecule has 6 heteroatoms. The average molecular weight is 296 g/mol. The smallest absolute Gasteiger partial charge is 0.230 e. The van der Waals surface area contributed by atoms with E-state index in [9.17, 15) is 4.79 Å². The summed E-state index contributed by atoms with van der Waals surface area (Å²) in [5.41, 5.74) is 6.34. The number of rotatable bonds is 6. The van der Waals surface area contributed by atoms with Gasteiger partial charge in [-0.05, 0) is 25.0 Å². The molecule has 1 atom stereocenters. The minimum absolute atomic E-state index is 0.00405. The fraction of sp³-hybridized carbons (Fsp3) is 0.500. The topological polar surface area (TPSA) is 73.6 Å². The van der Waals surface area contributed by atoms with Crippen LogP contribution in [0.5, 0.6) is 5.75 Å². The van der Waals surface area contributed by atoms with E-state index in [-0.39, 0.29) is 12.0 Å². The summed E-state index contributed by atoms with van der Waals surface area (Å²) in [6, 6.07) is 5.42. The first-order valence-electron chi connectivity index (χ1n) is 6.63. The van der Waals surface area contributed by atoms with Gasteiger partial charge in [-0.15, -0.1) is 11.8 Å². The maximum atomic E-state index is 11.8. The highest BCUT2D eigenvalue weighted by Crippen LogP contribution is 2.30. The van der Waals surface area contributed by atoms with Gasteiger partial charge in [0.15, 0.2) is 0 Å². The van der Waals surface area contributed by atoms with E-state index in [0.29, 0.717) is 23.7 Å². The molecule has 1 aliphatic rings. The van der Waals surface area contributed by atoms with Crippen LogP contribution in [0.1, 0.15) is 12.8 Å². The Labute approximate surface area is 123 Å². The first kappa shape index (κ1) is 15.0. The van der Waals surface area contributed by atoms with Crippen molar-refractivity contribution in [2.75, 3.05) is 31.7 Å². The second kappa shape index (κ2) is 7.40. The molecule has 1 unspecified atom stereocenters. The minimum Gasteiger partial charge on any atom is -0.496 e. The number of nitrogens with two attached hydrogens (primary N) is 1. The van der Waals surface area contributed by atoms with Crippen molar-refractivity contribution < 1.29 is 14.3 Å². The first-order valence-corrected chi connectivity index (χ1v) is 7.62. The highest BCUT2D eigenvalue weighted by atomic mass is 32.2. The summed E-state index contributed by atoms with van der Waals surface area (Å²) in [5.74, 6) is 1.05. The third kappa shape index (κ3) is 4.31. The molecule has 3 N–H and O–H groups in total. The molecule has 20 heavy (non-hydrogen) atoms. The van der Waals surface area contributed by atoms with Gasteiger partial charge in [-0.25, -0.2) is 0 Å². The zero-order valence-electron chi connectivity index (χ0n) is 11.6. The van der Waals surface area contributed by atoms with Crippen LogP contribution in [0.15, 0.2) is 23.1 Å². The Balaban J connectivity index is 1.77. The van der Waals surface area contributed by atoms with Gasteiger partial charge in [-0.3, -0.25) is 4.79 Å². The van der Waals surface area contributed by atoms with E-state index in [0.717, 1.165) is 24.3 Å². The quantitative estimate of drug-likeness (QED) is 0.617. The molecule has 0 aliphatic carbocycles. The second-order valence-corrected chi connectivity index (χ2v) is 5.66. The lowest BCUT2D eigenvalue weighted by Gasteiger charge is -2.11. The van der Waals surface area contributed by atoms with E-state index in [1.807, 2.05) is 6.07 Å². The zero-order chi connectivity index (χ0) is 14.4. The molecule has 0 spiro atoms. The lowest BCUT2D eigenvalue weighted by atomic mass is 10.2. The molecule has 1 amide bonds. The number of anilines is 1. The van der Waals surface area contributed by atoms with Crippen molar-refractivity contribution in [3.63, 3.8) is 0 Å². The first-order chi connectivity index (χ1) is 9.69. The standard InChI is InChI=1S/C14H20N2O3S/c1-18-12-7-10(15)4-5-13(12)20-9-14(17)16-8-11-3-2-6-19-11/h4-5,7,11H,2-3,6,8-9,15H2,1H3,(H,16,17). The molecule has 0 aromatic heterocycles. The number of hydrogen-bond acceptors (Lipinski definition) is 5. The number of carbonyl (C=O) groups excluding carboxylic acids is 1. The molecule has 0 radical (unpaired) electrons. The van der Waals surface area contributed by atoms with Gasteiger partial charge in [0, 0.05) is 29.8 Å². The Morgan fingerprint density at radius 2 is 2.45 bits per heavy atom. The van der Waals surface area contributed by atoms with E-state index in [1.165, 1.54) is 11.8 Å². The highest BCUT2D eigenvalue weighted by Gasteiger charge is 2.16.